The maximum absolute atomic E-state index is 11.8. The van der Waals surface area contributed by atoms with E-state index in [-0.39, 0.29) is 29.5 Å². The third-order valence-electron chi connectivity index (χ3n) is 4.09. The standard InChI is InChI=1S/C14H17NO2/c1-8-4-6-11(16)10-5-3-9(2)14(13(8)10)12(17)7-15/h3,5,9-11,13-14,16H,1,4,6H2,2H3/t9-,10-,11+,13-,14+/m0/s1. The predicted octanol–water partition coefficient (Wildman–Crippen LogP) is 1.84. The second-order valence-electron chi connectivity index (χ2n) is 5.11. The van der Waals surface area contributed by atoms with Gasteiger partial charge in [-0.05, 0) is 24.7 Å². The quantitative estimate of drug-likeness (QED) is 0.553. The molecule has 0 unspecified atom stereocenters. The second-order valence-corrected chi connectivity index (χ2v) is 5.11. The Kier molecular flexibility index (Phi) is 3.17. The van der Waals surface area contributed by atoms with Crippen LogP contribution in [-0.4, -0.2) is 17.0 Å². The monoisotopic (exact) mass is 231 g/mol. The number of aliphatic hydroxyl groups excluding tert-OH is 1. The average molecular weight is 231 g/mol. The molecule has 5 atom stereocenters. The van der Waals surface area contributed by atoms with E-state index in [0.29, 0.717) is 6.42 Å². The van der Waals surface area contributed by atoms with Gasteiger partial charge in [0.25, 0.3) is 0 Å². The maximum atomic E-state index is 11.8. The molecule has 2 rings (SSSR count). The van der Waals surface area contributed by atoms with Crippen molar-refractivity contribution in [3.05, 3.63) is 24.3 Å². The molecule has 17 heavy (non-hydrogen) atoms. The zero-order valence-corrected chi connectivity index (χ0v) is 9.97. The summed E-state index contributed by atoms with van der Waals surface area (Å²) in [5.41, 5.74) is 1.00. The number of nitriles is 1. The normalized spacial score (nSPS) is 40.5. The first-order chi connectivity index (χ1) is 8.06. The van der Waals surface area contributed by atoms with Crippen LogP contribution in [0.3, 0.4) is 0 Å². The lowest BCUT2D eigenvalue weighted by Gasteiger charge is -2.43. The minimum atomic E-state index is -0.414. The van der Waals surface area contributed by atoms with Crippen molar-refractivity contribution in [1.29, 1.82) is 5.26 Å². The largest absolute Gasteiger partial charge is 0.392 e. The van der Waals surface area contributed by atoms with Crippen molar-refractivity contribution in [1.82, 2.24) is 0 Å². The van der Waals surface area contributed by atoms with Crippen LogP contribution in [0, 0.1) is 35.0 Å². The van der Waals surface area contributed by atoms with E-state index in [9.17, 15) is 9.90 Å². The lowest BCUT2D eigenvalue weighted by atomic mass is 9.61. The van der Waals surface area contributed by atoms with Gasteiger partial charge in [0.2, 0.25) is 5.78 Å². The van der Waals surface area contributed by atoms with Gasteiger partial charge in [0.1, 0.15) is 6.07 Å². The van der Waals surface area contributed by atoms with Gasteiger partial charge >= 0.3 is 0 Å². The zero-order chi connectivity index (χ0) is 12.6. The molecule has 0 heterocycles. The molecule has 90 valence electrons. The number of Topliss-reactive ketones (excluding diaryl/α,β-unsaturated/α-hetero) is 1. The molecule has 2 aliphatic carbocycles. The van der Waals surface area contributed by atoms with Crippen molar-refractivity contribution in [2.24, 2.45) is 23.7 Å². The highest BCUT2D eigenvalue weighted by atomic mass is 16.3. The summed E-state index contributed by atoms with van der Waals surface area (Å²) in [6.07, 6.45) is 4.97. The Morgan fingerprint density at radius 3 is 2.94 bits per heavy atom. The molecule has 1 saturated carbocycles. The number of fused-ring (bicyclic) bond motifs is 1. The van der Waals surface area contributed by atoms with Crippen molar-refractivity contribution in [2.75, 3.05) is 0 Å². The Hall–Kier alpha value is -1.40. The zero-order valence-electron chi connectivity index (χ0n) is 9.97. The molecule has 0 aliphatic heterocycles. The van der Waals surface area contributed by atoms with Gasteiger partial charge in [-0.2, -0.15) is 5.26 Å². The van der Waals surface area contributed by atoms with Gasteiger partial charge in [0, 0.05) is 11.8 Å². The van der Waals surface area contributed by atoms with Crippen molar-refractivity contribution >= 4 is 5.78 Å². The number of ketones is 1. The van der Waals surface area contributed by atoms with Crippen LogP contribution in [-0.2, 0) is 4.79 Å². The van der Waals surface area contributed by atoms with Crippen molar-refractivity contribution < 1.29 is 9.90 Å². The van der Waals surface area contributed by atoms with Gasteiger partial charge in [0.15, 0.2) is 0 Å². The van der Waals surface area contributed by atoms with Crippen LogP contribution in [0.15, 0.2) is 24.3 Å². The van der Waals surface area contributed by atoms with E-state index in [2.05, 4.69) is 6.58 Å². The predicted molar refractivity (Wildman–Crippen MR) is 63.8 cm³/mol. The lowest BCUT2D eigenvalue weighted by molar-refractivity contribution is -0.121. The summed E-state index contributed by atoms with van der Waals surface area (Å²) in [6, 6.07) is 1.74. The van der Waals surface area contributed by atoms with Crippen LogP contribution in [0.1, 0.15) is 19.8 Å². The fourth-order valence-electron chi connectivity index (χ4n) is 3.17. The number of nitrogens with zero attached hydrogens (tertiary/aromatic N) is 1. The van der Waals surface area contributed by atoms with Gasteiger partial charge in [-0.1, -0.05) is 31.2 Å². The Balaban J connectivity index is 2.39. The average Bonchev–Trinajstić information content (AvgIpc) is 2.33. The van der Waals surface area contributed by atoms with E-state index in [1.807, 2.05) is 19.1 Å². The van der Waals surface area contributed by atoms with Crippen molar-refractivity contribution in [3.8, 4) is 6.07 Å². The molecule has 3 heteroatoms. The van der Waals surface area contributed by atoms with E-state index in [0.717, 1.165) is 12.0 Å². The highest BCUT2D eigenvalue weighted by molar-refractivity contribution is 5.96. The highest BCUT2D eigenvalue weighted by Crippen LogP contribution is 2.45. The SMILES string of the molecule is C=C1CC[C@@H](O)[C@@H]2C=C[C@H](C)[C@H](C(=O)C#N)[C@@H]12. The Labute approximate surface area is 101 Å². The van der Waals surface area contributed by atoms with Gasteiger partial charge < -0.3 is 5.11 Å². The lowest BCUT2D eigenvalue weighted by Crippen LogP contribution is -2.43. The molecule has 0 aromatic heterocycles. The Bertz CT molecular complexity index is 418. The summed E-state index contributed by atoms with van der Waals surface area (Å²) < 4.78 is 0. The molecular weight excluding hydrogens is 214 g/mol. The van der Waals surface area contributed by atoms with Crippen LogP contribution >= 0.6 is 0 Å². The number of hydrogen-bond acceptors (Lipinski definition) is 3. The molecular formula is C14H17NO2. The van der Waals surface area contributed by atoms with E-state index < -0.39 is 6.10 Å². The number of carbonyl (C=O) groups excluding carboxylic acids is 1. The molecule has 0 spiro atoms. The van der Waals surface area contributed by atoms with E-state index in [4.69, 9.17) is 5.26 Å². The van der Waals surface area contributed by atoms with Crippen LogP contribution in [0.5, 0.6) is 0 Å². The van der Waals surface area contributed by atoms with Gasteiger partial charge in [-0.15, -0.1) is 0 Å². The second kappa shape index (κ2) is 4.46. The van der Waals surface area contributed by atoms with Crippen LogP contribution in [0.2, 0.25) is 0 Å². The third-order valence-corrected chi connectivity index (χ3v) is 4.09. The van der Waals surface area contributed by atoms with Crippen molar-refractivity contribution in [2.45, 2.75) is 25.9 Å². The Morgan fingerprint density at radius 1 is 1.59 bits per heavy atom. The first-order valence-corrected chi connectivity index (χ1v) is 6.04. The van der Waals surface area contributed by atoms with E-state index >= 15 is 0 Å². The number of aliphatic hydroxyl groups is 1. The molecule has 0 aromatic carbocycles. The Morgan fingerprint density at radius 2 is 2.29 bits per heavy atom. The van der Waals surface area contributed by atoms with Gasteiger partial charge in [-0.3, -0.25) is 4.79 Å². The highest BCUT2D eigenvalue weighted by Gasteiger charge is 2.44. The third kappa shape index (κ3) is 1.94. The number of carbonyl (C=O) groups is 1. The number of hydrogen-bond donors (Lipinski definition) is 1. The summed E-state index contributed by atoms with van der Waals surface area (Å²) in [7, 11) is 0. The summed E-state index contributed by atoms with van der Waals surface area (Å²) in [6.45, 7) is 5.97. The molecule has 0 aromatic rings. The maximum Gasteiger partial charge on any atom is 0.236 e. The molecule has 0 amide bonds. The van der Waals surface area contributed by atoms with E-state index in [1.54, 1.807) is 6.07 Å². The molecule has 0 saturated heterocycles. The van der Waals surface area contributed by atoms with Crippen LogP contribution in [0.25, 0.3) is 0 Å². The molecule has 3 nitrogen and oxygen atoms in total. The first-order valence-electron chi connectivity index (χ1n) is 6.04. The molecule has 2 aliphatic rings. The summed E-state index contributed by atoms with van der Waals surface area (Å²) >= 11 is 0. The van der Waals surface area contributed by atoms with E-state index in [1.165, 1.54) is 0 Å². The number of allylic oxidation sites excluding steroid dienone is 2. The van der Waals surface area contributed by atoms with Crippen molar-refractivity contribution in [3.63, 3.8) is 0 Å². The molecule has 1 N–H and O–H groups in total. The summed E-state index contributed by atoms with van der Waals surface area (Å²) in [5, 5.41) is 18.8. The summed E-state index contributed by atoms with van der Waals surface area (Å²) in [4.78, 5) is 11.8. The minimum absolute atomic E-state index is 0.0465. The van der Waals surface area contributed by atoms with Gasteiger partial charge in [0.05, 0.1) is 6.10 Å². The fraction of sp³-hybridized carbons (Fsp3) is 0.571. The topological polar surface area (TPSA) is 61.1 Å². The van der Waals surface area contributed by atoms with Crippen LogP contribution < -0.4 is 0 Å². The summed E-state index contributed by atoms with van der Waals surface area (Å²) in [5.74, 6) is -0.782. The van der Waals surface area contributed by atoms with Gasteiger partial charge in [-0.25, -0.2) is 0 Å². The molecule has 0 radical (unpaired) electrons. The first kappa shape index (κ1) is 12.1. The number of rotatable bonds is 1. The van der Waals surface area contributed by atoms with Crippen LogP contribution in [0.4, 0.5) is 0 Å². The minimum Gasteiger partial charge on any atom is -0.392 e. The molecule has 0 bridgehead atoms. The smallest absolute Gasteiger partial charge is 0.236 e. The fourth-order valence-corrected chi connectivity index (χ4v) is 3.17. The molecule has 1 fully saturated rings.